The molecular formula is C16H24N2O2. The van der Waals surface area contributed by atoms with Gasteiger partial charge < -0.3 is 19.7 Å². The second-order valence-corrected chi connectivity index (χ2v) is 5.53. The van der Waals surface area contributed by atoms with E-state index in [1.165, 1.54) is 11.3 Å². The molecule has 2 aliphatic rings. The lowest BCUT2D eigenvalue weighted by atomic mass is 10.1. The maximum atomic E-state index is 5.39. The topological polar surface area (TPSA) is 33.7 Å². The fraction of sp³-hybridized carbons (Fsp3) is 0.625. The smallest absolute Gasteiger partial charge is 0.0642 e. The van der Waals surface area contributed by atoms with E-state index in [4.69, 9.17) is 9.47 Å². The number of morpholine rings is 1. The van der Waals surface area contributed by atoms with Gasteiger partial charge in [-0.2, -0.15) is 0 Å². The van der Waals surface area contributed by atoms with Crippen molar-refractivity contribution in [2.45, 2.75) is 25.4 Å². The molecule has 2 saturated heterocycles. The van der Waals surface area contributed by atoms with Crippen LogP contribution in [0.3, 0.4) is 0 Å². The molecule has 1 N–H and O–H groups in total. The highest BCUT2D eigenvalue weighted by molar-refractivity contribution is 5.47. The van der Waals surface area contributed by atoms with Crippen LogP contribution in [0.4, 0.5) is 5.69 Å². The molecule has 3 rings (SSSR count). The number of ether oxygens (including phenoxy) is 2. The minimum absolute atomic E-state index is 0.614. The van der Waals surface area contributed by atoms with Crippen molar-refractivity contribution in [3.8, 4) is 0 Å². The van der Waals surface area contributed by atoms with E-state index in [2.05, 4.69) is 34.5 Å². The van der Waals surface area contributed by atoms with Crippen LogP contribution < -0.4 is 10.2 Å². The molecular weight excluding hydrogens is 252 g/mol. The van der Waals surface area contributed by atoms with Gasteiger partial charge >= 0.3 is 0 Å². The van der Waals surface area contributed by atoms with Crippen LogP contribution in [0.5, 0.6) is 0 Å². The summed E-state index contributed by atoms with van der Waals surface area (Å²) in [5.41, 5.74) is 2.66. The number of anilines is 1. The molecule has 20 heavy (non-hydrogen) atoms. The molecule has 1 aromatic carbocycles. The number of benzene rings is 1. The van der Waals surface area contributed by atoms with Crippen LogP contribution >= 0.6 is 0 Å². The summed E-state index contributed by atoms with van der Waals surface area (Å²) >= 11 is 0. The lowest BCUT2D eigenvalue weighted by Crippen LogP contribution is -2.36. The molecule has 0 unspecified atom stereocenters. The molecule has 4 heteroatoms. The van der Waals surface area contributed by atoms with Gasteiger partial charge in [-0.05, 0) is 30.5 Å². The molecule has 0 amide bonds. The predicted molar refractivity (Wildman–Crippen MR) is 80.2 cm³/mol. The Balaban J connectivity index is 1.50. The van der Waals surface area contributed by atoms with Gasteiger partial charge in [0.25, 0.3) is 0 Å². The molecule has 0 atom stereocenters. The van der Waals surface area contributed by atoms with Crippen molar-refractivity contribution >= 4 is 5.69 Å². The van der Waals surface area contributed by atoms with Gasteiger partial charge in [-0.15, -0.1) is 0 Å². The third-order valence-corrected chi connectivity index (χ3v) is 4.13. The Labute approximate surface area is 121 Å². The first-order chi connectivity index (χ1) is 9.92. The van der Waals surface area contributed by atoms with Gasteiger partial charge in [0.15, 0.2) is 0 Å². The molecule has 0 spiro atoms. The van der Waals surface area contributed by atoms with E-state index in [0.29, 0.717) is 6.04 Å². The fourth-order valence-corrected chi connectivity index (χ4v) is 2.81. The highest BCUT2D eigenvalue weighted by Gasteiger charge is 2.13. The summed E-state index contributed by atoms with van der Waals surface area (Å²) in [7, 11) is 0. The summed E-state index contributed by atoms with van der Waals surface area (Å²) in [6, 6.07) is 9.54. The van der Waals surface area contributed by atoms with Crippen molar-refractivity contribution in [1.82, 2.24) is 5.32 Å². The summed E-state index contributed by atoms with van der Waals surface area (Å²) in [5.74, 6) is 0. The van der Waals surface area contributed by atoms with Gasteiger partial charge in [0.05, 0.1) is 13.2 Å². The molecule has 0 radical (unpaired) electrons. The number of nitrogens with zero attached hydrogens (tertiary/aromatic N) is 1. The zero-order valence-electron chi connectivity index (χ0n) is 12.0. The van der Waals surface area contributed by atoms with Crippen LogP contribution in [-0.2, 0) is 16.0 Å². The standard InChI is InChI=1S/C16H24N2O2/c1-3-16(18-7-11-20-12-8-18)4-2-14(1)13-17-15-5-9-19-10-6-15/h1-4,15,17H,5-13H2. The lowest BCUT2D eigenvalue weighted by Gasteiger charge is -2.29. The Kier molecular flexibility index (Phi) is 4.90. The van der Waals surface area contributed by atoms with Crippen LogP contribution in [0.2, 0.25) is 0 Å². The second-order valence-electron chi connectivity index (χ2n) is 5.53. The minimum Gasteiger partial charge on any atom is -0.381 e. The zero-order valence-corrected chi connectivity index (χ0v) is 12.0. The average molecular weight is 276 g/mol. The zero-order chi connectivity index (χ0) is 13.6. The third kappa shape index (κ3) is 3.72. The van der Waals surface area contributed by atoms with Crippen molar-refractivity contribution in [3.63, 3.8) is 0 Å². The van der Waals surface area contributed by atoms with Crippen molar-refractivity contribution in [3.05, 3.63) is 29.8 Å². The lowest BCUT2D eigenvalue weighted by molar-refractivity contribution is 0.0776. The Morgan fingerprint density at radius 1 is 0.950 bits per heavy atom. The molecule has 0 aliphatic carbocycles. The van der Waals surface area contributed by atoms with Crippen molar-refractivity contribution in [1.29, 1.82) is 0 Å². The van der Waals surface area contributed by atoms with Gasteiger partial charge in [0.1, 0.15) is 0 Å². The first kappa shape index (κ1) is 13.9. The average Bonchev–Trinajstić information content (AvgIpc) is 2.55. The largest absolute Gasteiger partial charge is 0.381 e. The van der Waals surface area contributed by atoms with Crippen LogP contribution in [0, 0.1) is 0 Å². The molecule has 2 aliphatic heterocycles. The highest BCUT2D eigenvalue weighted by atomic mass is 16.5. The van der Waals surface area contributed by atoms with Gasteiger partial charge in [-0.1, -0.05) is 12.1 Å². The summed E-state index contributed by atoms with van der Waals surface area (Å²) in [4.78, 5) is 2.39. The van der Waals surface area contributed by atoms with E-state index in [-0.39, 0.29) is 0 Å². The molecule has 1 aromatic rings. The SMILES string of the molecule is c1cc(N2CCOCC2)ccc1CNC1CCOCC1. The van der Waals surface area contributed by atoms with Gasteiger partial charge in [0.2, 0.25) is 0 Å². The summed E-state index contributed by atoms with van der Waals surface area (Å²) in [6.45, 7) is 6.43. The number of nitrogens with one attached hydrogen (secondary N) is 1. The fourth-order valence-electron chi connectivity index (χ4n) is 2.81. The van der Waals surface area contributed by atoms with E-state index < -0.39 is 0 Å². The van der Waals surface area contributed by atoms with Gasteiger partial charge in [0, 0.05) is 44.6 Å². The van der Waals surface area contributed by atoms with E-state index in [0.717, 1.165) is 58.9 Å². The summed E-state index contributed by atoms with van der Waals surface area (Å²) < 4.78 is 10.8. The molecule has 2 fully saturated rings. The van der Waals surface area contributed by atoms with E-state index in [9.17, 15) is 0 Å². The third-order valence-electron chi connectivity index (χ3n) is 4.13. The van der Waals surface area contributed by atoms with Crippen LogP contribution in [0.25, 0.3) is 0 Å². The van der Waals surface area contributed by atoms with Crippen LogP contribution in [0.15, 0.2) is 24.3 Å². The molecule has 4 nitrogen and oxygen atoms in total. The molecule has 2 heterocycles. The van der Waals surface area contributed by atoms with E-state index >= 15 is 0 Å². The number of rotatable bonds is 4. The van der Waals surface area contributed by atoms with E-state index in [1.54, 1.807) is 0 Å². The minimum atomic E-state index is 0.614. The van der Waals surface area contributed by atoms with Crippen molar-refractivity contribution in [2.24, 2.45) is 0 Å². The maximum absolute atomic E-state index is 5.39. The first-order valence-electron chi connectivity index (χ1n) is 7.64. The monoisotopic (exact) mass is 276 g/mol. The highest BCUT2D eigenvalue weighted by Crippen LogP contribution is 2.17. The molecule has 0 aromatic heterocycles. The first-order valence-corrected chi connectivity index (χ1v) is 7.64. The maximum Gasteiger partial charge on any atom is 0.0642 e. The Morgan fingerprint density at radius 2 is 1.60 bits per heavy atom. The molecule has 0 saturated carbocycles. The molecule has 110 valence electrons. The number of hydrogen-bond acceptors (Lipinski definition) is 4. The second kappa shape index (κ2) is 7.07. The number of hydrogen-bond donors (Lipinski definition) is 1. The van der Waals surface area contributed by atoms with Crippen LogP contribution in [0.1, 0.15) is 18.4 Å². The van der Waals surface area contributed by atoms with Crippen molar-refractivity contribution in [2.75, 3.05) is 44.4 Å². The predicted octanol–water partition coefficient (Wildman–Crippen LogP) is 1.79. The normalized spacial score (nSPS) is 21.1. The summed E-state index contributed by atoms with van der Waals surface area (Å²) in [6.07, 6.45) is 2.26. The van der Waals surface area contributed by atoms with E-state index in [1.807, 2.05) is 0 Å². The molecule has 0 bridgehead atoms. The van der Waals surface area contributed by atoms with Crippen LogP contribution in [-0.4, -0.2) is 45.6 Å². The van der Waals surface area contributed by atoms with Gasteiger partial charge in [-0.25, -0.2) is 0 Å². The Bertz CT molecular complexity index is 395. The quantitative estimate of drug-likeness (QED) is 0.909. The summed E-state index contributed by atoms with van der Waals surface area (Å²) in [5, 5.41) is 3.62. The Hall–Kier alpha value is -1.10. The van der Waals surface area contributed by atoms with Gasteiger partial charge in [-0.3, -0.25) is 0 Å². The Morgan fingerprint density at radius 3 is 2.30 bits per heavy atom. The van der Waals surface area contributed by atoms with Crippen molar-refractivity contribution < 1.29 is 9.47 Å².